The van der Waals surface area contributed by atoms with Crippen molar-refractivity contribution in [3.8, 4) is 17.1 Å². The molecule has 1 aromatic heterocycles. The highest BCUT2D eigenvalue weighted by Crippen LogP contribution is 2.25. The summed E-state index contributed by atoms with van der Waals surface area (Å²) in [5.74, 6) is 1.11. The van der Waals surface area contributed by atoms with E-state index in [4.69, 9.17) is 16.3 Å². The fourth-order valence-corrected chi connectivity index (χ4v) is 2.99. The number of aryl methyl sites for hydroxylation is 1. The number of hydrogen-bond acceptors (Lipinski definition) is 3. The minimum absolute atomic E-state index is 0.0874. The van der Waals surface area contributed by atoms with E-state index in [1.54, 1.807) is 24.3 Å². The van der Waals surface area contributed by atoms with Crippen LogP contribution in [0.25, 0.3) is 22.4 Å². The number of carbonyl (C=O) groups is 1. The van der Waals surface area contributed by atoms with Crippen molar-refractivity contribution in [1.82, 2.24) is 9.97 Å². The second-order valence-electron chi connectivity index (χ2n) is 6.42. The van der Waals surface area contributed by atoms with Crippen LogP contribution >= 0.6 is 11.6 Å². The highest BCUT2D eigenvalue weighted by Gasteiger charge is 2.10. The van der Waals surface area contributed by atoms with Crippen molar-refractivity contribution in [2.24, 2.45) is 0 Å². The van der Waals surface area contributed by atoms with Gasteiger partial charge in [0.25, 0.3) is 5.91 Å². The number of anilines is 1. The van der Waals surface area contributed by atoms with E-state index in [9.17, 15) is 4.79 Å². The Morgan fingerprint density at radius 2 is 1.89 bits per heavy atom. The first kappa shape index (κ1) is 18.1. The van der Waals surface area contributed by atoms with Gasteiger partial charge in [-0.3, -0.25) is 4.79 Å². The molecule has 1 amide bonds. The second-order valence-corrected chi connectivity index (χ2v) is 6.86. The molecule has 1 heterocycles. The third kappa shape index (κ3) is 4.00. The summed E-state index contributed by atoms with van der Waals surface area (Å²) in [5, 5.41) is 3.52. The zero-order valence-electron chi connectivity index (χ0n) is 15.2. The molecule has 28 heavy (non-hydrogen) atoms. The fraction of sp³-hybridized carbons (Fsp3) is 0.0909. The Balaban J connectivity index is 1.49. The Labute approximate surface area is 167 Å². The number of imidazole rings is 1. The minimum Gasteiger partial charge on any atom is -0.484 e. The van der Waals surface area contributed by atoms with Gasteiger partial charge in [-0.25, -0.2) is 4.98 Å². The van der Waals surface area contributed by atoms with Gasteiger partial charge >= 0.3 is 0 Å². The highest BCUT2D eigenvalue weighted by molar-refractivity contribution is 6.30. The van der Waals surface area contributed by atoms with Gasteiger partial charge in [0.15, 0.2) is 6.61 Å². The quantitative estimate of drug-likeness (QED) is 0.490. The summed E-state index contributed by atoms with van der Waals surface area (Å²) in [4.78, 5) is 20.2. The number of fused-ring (bicyclic) bond motifs is 1. The van der Waals surface area contributed by atoms with Crippen molar-refractivity contribution in [3.63, 3.8) is 0 Å². The number of aromatic nitrogens is 2. The first-order chi connectivity index (χ1) is 13.6. The Bertz CT molecular complexity index is 1100. The minimum atomic E-state index is -0.236. The molecule has 4 aromatic rings. The second kappa shape index (κ2) is 7.74. The third-order valence-corrected chi connectivity index (χ3v) is 4.61. The number of nitrogens with zero attached hydrogens (tertiary/aromatic N) is 1. The number of rotatable bonds is 5. The summed E-state index contributed by atoms with van der Waals surface area (Å²) in [5.41, 5.74) is 4.46. The van der Waals surface area contributed by atoms with Gasteiger partial charge in [0.2, 0.25) is 0 Å². The summed E-state index contributed by atoms with van der Waals surface area (Å²) in [6.07, 6.45) is 0. The molecule has 5 nitrogen and oxygen atoms in total. The Morgan fingerprint density at radius 3 is 2.68 bits per heavy atom. The van der Waals surface area contributed by atoms with Crippen LogP contribution in [-0.2, 0) is 4.79 Å². The number of halogens is 1. The number of carbonyl (C=O) groups excluding carboxylic acids is 1. The monoisotopic (exact) mass is 391 g/mol. The van der Waals surface area contributed by atoms with Gasteiger partial charge in [-0.1, -0.05) is 35.9 Å². The number of amides is 1. The van der Waals surface area contributed by atoms with E-state index in [0.29, 0.717) is 10.8 Å². The summed E-state index contributed by atoms with van der Waals surface area (Å²) in [6, 6.07) is 20.6. The summed E-state index contributed by atoms with van der Waals surface area (Å²) < 4.78 is 5.50. The van der Waals surface area contributed by atoms with Crippen molar-refractivity contribution < 1.29 is 9.53 Å². The molecule has 0 fully saturated rings. The van der Waals surface area contributed by atoms with Gasteiger partial charge in [-0.05, 0) is 55.0 Å². The molecule has 2 N–H and O–H groups in total. The number of benzene rings is 3. The lowest BCUT2D eigenvalue weighted by atomic mass is 10.1. The third-order valence-electron chi connectivity index (χ3n) is 4.36. The first-order valence-electron chi connectivity index (χ1n) is 8.82. The van der Waals surface area contributed by atoms with Crippen LogP contribution < -0.4 is 10.1 Å². The number of para-hydroxylation sites is 2. The van der Waals surface area contributed by atoms with Crippen LogP contribution in [0, 0.1) is 6.92 Å². The molecule has 0 saturated heterocycles. The van der Waals surface area contributed by atoms with E-state index < -0.39 is 0 Å². The normalized spacial score (nSPS) is 10.8. The maximum absolute atomic E-state index is 12.3. The van der Waals surface area contributed by atoms with Crippen LogP contribution in [0.4, 0.5) is 5.69 Å². The van der Waals surface area contributed by atoms with Crippen LogP contribution in [0.2, 0.25) is 5.02 Å². The summed E-state index contributed by atoms with van der Waals surface area (Å²) >= 11 is 5.85. The maximum atomic E-state index is 12.3. The number of aromatic amines is 1. The Morgan fingerprint density at radius 1 is 1.11 bits per heavy atom. The zero-order chi connectivity index (χ0) is 19.5. The van der Waals surface area contributed by atoms with Crippen molar-refractivity contribution in [3.05, 3.63) is 77.3 Å². The molecule has 0 aliphatic carbocycles. The van der Waals surface area contributed by atoms with Crippen LogP contribution in [0.5, 0.6) is 5.75 Å². The number of hydrogen-bond donors (Lipinski definition) is 2. The molecule has 0 aliphatic heterocycles. The van der Waals surface area contributed by atoms with Gasteiger partial charge < -0.3 is 15.0 Å². The van der Waals surface area contributed by atoms with E-state index >= 15 is 0 Å². The molecular weight excluding hydrogens is 374 g/mol. The largest absolute Gasteiger partial charge is 0.484 e. The van der Waals surface area contributed by atoms with Crippen molar-refractivity contribution in [2.45, 2.75) is 6.92 Å². The highest BCUT2D eigenvalue weighted by atomic mass is 35.5. The molecule has 0 saturated carbocycles. The van der Waals surface area contributed by atoms with Crippen molar-refractivity contribution in [2.75, 3.05) is 11.9 Å². The number of nitrogens with one attached hydrogen (secondary N) is 2. The lowest BCUT2D eigenvalue weighted by Crippen LogP contribution is -2.20. The lowest BCUT2D eigenvalue weighted by Gasteiger charge is -2.11. The van der Waals surface area contributed by atoms with Crippen molar-refractivity contribution >= 4 is 34.2 Å². The van der Waals surface area contributed by atoms with Gasteiger partial charge in [0, 0.05) is 16.3 Å². The molecule has 0 spiro atoms. The molecule has 3 aromatic carbocycles. The molecular formula is C22H18ClN3O2. The summed E-state index contributed by atoms with van der Waals surface area (Å²) in [6.45, 7) is 1.86. The molecule has 0 unspecified atom stereocenters. The van der Waals surface area contributed by atoms with Gasteiger partial charge in [-0.2, -0.15) is 0 Å². The average molecular weight is 392 g/mol. The van der Waals surface area contributed by atoms with Crippen molar-refractivity contribution in [1.29, 1.82) is 0 Å². The van der Waals surface area contributed by atoms with Gasteiger partial charge in [0.1, 0.15) is 11.6 Å². The smallest absolute Gasteiger partial charge is 0.262 e. The van der Waals surface area contributed by atoms with E-state index in [1.807, 2.05) is 49.4 Å². The van der Waals surface area contributed by atoms with Crippen LogP contribution in [0.15, 0.2) is 66.7 Å². The van der Waals surface area contributed by atoms with Crippen LogP contribution in [0.3, 0.4) is 0 Å². The molecule has 140 valence electrons. The SMILES string of the molecule is Cc1ccc(-c2nc3ccccc3[nH]2)cc1NC(=O)COc1ccc(Cl)cc1. The average Bonchev–Trinajstić information content (AvgIpc) is 3.13. The zero-order valence-corrected chi connectivity index (χ0v) is 16.0. The van der Waals surface area contributed by atoms with Crippen LogP contribution in [0.1, 0.15) is 5.56 Å². The molecule has 0 radical (unpaired) electrons. The molecule has 0 bridgehead atoms. The molecule has 0 aliphatic rings. The van der Waals surface area contributed by atoms with E-state index in [-0.39, 0.29) is 12.5 Å². The topological polar surface area (TPSA) is 67.0 Å². The van der Waals surface area contributed by atoms with E-state index in [0.717, 1.165) is 33.7 Å². The fourth-order valence-electron chi connectivity index (χ4n) is 2.86. The standard InChI is InChI=1S/C22H18ClN3O2/c1-14-6-7-15(22-25-18-4-2-3-5-19(18)26-22)12-20(14)24-21(27)13-28-17-10-8-16(23)9-11-17/h2-12H,13H2,1H3,(H,24,27)(H,25,26). The Hall–Kier alpha value is -3.31. The Kier molecular flexibility index (Phi) is 5.00. The first-order valence-corrected chi connectivity index (χ1v) is 9.20. The number of H-pyrrole nitrogens is 1. The van der Waals surface area contributed by atoms with E-state index in [2.05, 4.69) is 15.3 Å². The predicted molar refractivity (Wildman–Crippen MR) is 112 cm³/mol. The molecule has 0 atom stereocenters. The number of ether oxygens (including phenoxy) is 1. The molecule has 4 rings (SSSR count). The lowest BCUT2D eigenvalue weighted by molar-refractivity contribution is -0.118. The van der Waals surface area contributed by atoms with Crippen LogP contribution in [-0.4, -0.2) is 22.5 Å². The van der Waals surface area contributed by atoms with E-state index in [1.165, 1.54) is 0 Å². The predicted octanol–water partition coefficient (Wildman–Crippen LogP) is 5.21. The van der Waals surface area contributed by atoms with Gasteiger partial charge in [-0.15, -0.1) is 0 Å². The maximum Gasteiger partial charge on any atom is 0.262 e. The van der Waals surface area contributed by atoms with Gasteiger partial charge in [0.05, 0.1) is 11.0 Å². The molecule has 6 heteroatoms. The summed E-state index contributed by atoms with van der Waals surface area (Å²) in [7, 11) is 0.